The van der Waals surface area contributed by atoms with Crippen molar-refractivity contribution >= 4 is 43.5 Å². The molecule has 2 aromatic rings. The molecule has 0 aliphatic heterocycles. The zero-order valence-corrected chi connectivity index (χ0v) is 15.5. The van der Waals surface area contributed by atoms with Gasteiger partial charge in [-0.25, -0.2) is 0 Å². The molecule has 106 valence electrons. The fourth-order valence-corrected chi connectivity index (χ4v) is 3.12. The first-order chi connectivity index (χ1) is 9.52. The molecule has 0 aliphatic rings. The van der Waals surface area contributed by atoms with E-state index < -0.39 is 0 Å². The Morgan fingerprint density at radius 2 is 1.55 bits per heavy atom. The Balaban J connectivity index is 2.24. The van der Waals surface area contributed by atoms with Crippen LogP contribution in [0.3, 0.4) is 0 Å². The number of rotatable bonds is 4. The van der Waals surface area contributed by atoms with Crippen molar-refractivity contribution in [2.75, 3.05) is 0 Å². The average molecular weight is 417 g/mol. The summed E-state index contributed by atoms with van der Waals surface area (Å²) in [4.78, 5) is 0.166. The summed E-state index contributed by atoms with van der Waals surface area (Å²) < 4.78 is 0.926. The largest absolute Gasteiger partial charge is 0.0831 e. The number of halogens is 3. The molecule has 0 aliphatic carbocycles. The van der Waals surface area contributed by atoms with Crippen LogP contribution < -0.4 is 0 Å². The van der Waals surface area contributed by atoms with Gasteiger partial charge in [0.15, 0.2) is 0 Å². The maximum Gasteiger partial charge on any atom is 0.0645 e. The quantitative estimate of drug-likeness (QED) is 0.466. The molecular formula is C17H17Br2Cl. The van der Waals surface area contributed by atoms with Crippen molar-refractivity contribution in [3.63, 3.8) is 0 Å². The van der Waals surface area contributed by atoms with Crippen molar-refractivity contribution in [2.45, 2.75) is 31.0 Å². The third-order valence-corrected chi connectivity index (χ3v) is 5.94. The van der Waals surface area contributed by atoms with E-state index in [0.717, 1.165) is 15.1 Å². The smallest absolute Gasteiger partial charge is 0.0645 e. The zero-order chi connectivity index (χ0) is 14.7. The summed E-state index contributed by atoms with van der Waals surface area (Å²) in [6.45, 7) is 4.48. The molecule has 2 atom stereocenters. The highest BCUT2D eigenvalue weighted by molar-refractivity contribution is 9.10. The van der Waals surface area contributed by atoms with Gasteiger partial charge in [-0.05, 0) is 57.1 Å². The molecule has 2 unspecified atom stereocenters. The highest BCUT2D eigenvalue weighted by atomic mass is 79.9. The van der Waals surface area contributed by atoms with Gasteiger partial charge in [0.05, 0.1) is 9.85 Å². The second-order valence-electron chi connectivity index (χ2n) is 5.01. The number of benzene rings is 2. The average Bonchev–Trinajstić information content (AvgIpc) is 2.48. The number of hydrogen-bond donors (Lipinski definition) is 0. The molecule has 0 amide bonds. The maximum absolute atomic E-state index is 6.16. The van der Waals surface area contributed by atoms with Gasteiger partial charge >= 0.3 is 0 Å². The fraction of sp³-hybridized carbons (Fsp3) is 0.294. The van der Waals surface area contributed by atoms with Gasteiger partial charge < -0.3 is 0 Å². The van der Waals surface area contributed by atoms with Gasteiger partial charge in [0.25, 0.3) is 0 Å². The molecule has 0 N–H and O–H groups in total. The van der Waals surface area contributed by atoms with Crippen molar-refractivity contribution in [3.05, 3.63) is 68.7 Å². The molecule has 3 heteroatoms. The highest BCUT2D eigenvalue weighted by Crippen LogP contribution is 2.35. The highest BCUT2D eigenvalue weighted by Gasteiger charge is 2.12. The van der Waals surface area contributed by atoms with Crippen LogP contribution in [0.1, 0.15) is 47.7 Å². The van der Waals surface area contributed by atoms with Crippen LogP contribution in [-0.4, -0.2) is 0 Å². The first-order valence-electron chi connectivity index (χ1n) is 6.71. The summed E-state index contributed by atoms with van der Waals surface area (Å²) in [7, 11) is 0. The van der Waals surface area contributed by atoms with E-state index in [1.165, 1.54) is 17.5 Å². The molecular weight excluding hydrogens is 399 g/mol. The van der Waals surface area contributed by atoms with Gasteiger partial charge in [-0.1, -0.05) is 71.7 Å². The first-order valence-corrected chi connectivity index (χ1v) is 8.80. The zero-order valence-electron chi connectivity index (χ0n) is 11.5. The summed E-state index contributed by atoms with van der Waals surface area (Å²) in [6.07, 6.45) is 1.17. The Hall–Kier alpha value is -0.310. The summed E-state index contributed by atoms with van der Waals surface area (Å²) in [5.41, 5.74) is 3.80. The monoisotopic (exact) mass is 414 g/mol. The van der Waals surface area contributed by atoms with Crippen molar-refractivity contribution < 1.29 is 0 Å². The summed E-state index contributed by atoms with van der Waals surface area (Å²) in [5, 5.41) is 0.739. The van der Waals surface area contributed by atoms with Crippen molar-refractivity contribution in [1.29, 1.82) is 0 Å². The van der Waals surface area contributed by atoms with Gasteiger partial charge in [0.2, 0.25) is 0 Å². The van der Waals surface area contributed by atoms with Gasteiger partial charge in [-0.2, -0.15) is 0 Å². The van der Waals surface area contributed by atoms with Gasteiger partial charge in [-0.15, -0.1) is 0 Å². The second-order valence-corrected chi connectivity index (χ2v) is 7.19. The normalized spacial score (nSPS) is 14.1. The van der Waals surface area contributed by atoms with Crippen molar-refractivity contribution in [1.82, 2.24) is 0 Å². The Morgan fingerprint density at radius 3 is 2.10 bits per heavy atom. The van der Waals surface area contributed by atoms with E-state index in [2.05, 4.69) is 76.0 Å². The Kier molecular flexibility index (Phi) is 5.71. The predicted molar refractivity (Wildman–Crippen MR) is 95.1 cm³/mol. The van der Waals surface area contributed by atoms with Crippen LogP contribution in [0.5, 0.6) is 0 Å². The Labute approximate surface area is 142 Å². The van der Waals surface area contributed by atoms with E-state index >= 15 is 0 Å². The predicted octanol–water partition coefficient (Wildman–Crippen LogP) is 7.10. The standard InChI is InChI=1S/C17H17Br2Cl/c1-3-11(2)12-4-6-13(7-5-12)17(19)14-8-9-15(18)16(20)10-14/h4-11,17H,3H2,1-2H3. The minimum Gasteiger partial charge on any atom is -0.0831 e. The van der Waals surface area contributed by atoms with E-state index in [1.54, 1.807) is 0 Å². The number of alkyl halides is 1. The van der Waals surface area contributed by atoms with E-state index in [1.807, 2.05) is 12.1 Å². The summed E-state index contributed by atoms with van der Waals surface area (Å²) >= 11 is 13.3. The van der Waals surface area contributed by atoms with Crippen molar-refractivity contribution in [2.24, 2.45) is 0 Å². The molecule has 2 aromatic carbocycles. The second kappa shape index (κ2) is 7.11. The third-order valence-electron chi connectivity index (χ3n) is 3.65. The third kappa shape index (κ3) is 3.66. The molecule has 2 rings (SSSR count). The van der Waals surface area contributed by atoms with Crippen molar-refractivity contribution in [3.8, 4) is 0 Å². The lowest BCUT2D eigenvalue weighted by Crippen LogP contribution is -1.95. The minimum absolute atomic E-state index is 0.166. The maximum atomic E-state index is 6.16. The van der Waals surface area contributed by atoms with E-state index in [4.69, 9.17) is 11.6 Å². The Bertz CT molecular complexity index is 578. The van der Waals surface area contributed by atoms with E-state index in [-0.39, 0.29) is 4.83 Å². The molecule has 0 fully saturated rings. The van der Waals surface area contributed by atoms with Crippen LogP contribution in [0.15, 0.2) is 46.9 Å². The van der Waals surface area contributed by atoms with Crippen LogP contribution in [0.4, 0.5) is 0 Å². The molecule has 0 saturated carbocycles. The molecule has 20 heavy (non-hydrogen) atoms. The van der Waals surface area contributed by atoms with Crippen LogP contribution in [0, 0.1) is 0 Å². The summed E-state index contributed by atoms with van der Waals surface area (Å²) in [6, 6.07) is 14.9. The van der Waals surface area contributed by atoms with Crippen LogP contribution in [0.25, 0.3) is 0 Å². The summed E-state index contributed by atoms with van der Waals surface area (Å²) in [5.74, 6) is 0.611. The minimum atomic E-state index is 0.166. The van der Waals surface area contributed by atoms with E-state index in [0.29, 0.717) is 5.92 Å². The number of hydrogen-bond acceptors (Lipinski definition) is 0. The van der Waals surface area contributed by atoms with Gasteiger partial charge in [0.1, 0.15) is 0 Å². The van der Waals surface area contributed by atoms with Gasteiger partial charge in [-0.3, -0.25) is 0 Å². The van der Waals surface area contributed by atoms with E-state index in [9.17, 15) is 0 Å². The lowest BCUT2D eigenvalue weighted by atomic mass is 9.96. The fourth-order valence-electron chi connectivity index (χ4n) is 2.09. The van der Waals surface area contributed by atoms with Crippen LogP contribution >= 0.6 is 43.5 Å². The molecule has 0 heterocycles. The molecule has 0 aromatic heterocycles. The van der Waals surface area contributed by atoms with Crippen LogP contribution in [0.2, 0.25) is 5.02 Å². The molecule has 0 bridgehead atoms. The molecule has 0 saturated heterocycles. The molecule has 0 nitrogen and oxygen atoms in total. The van der Waals surface area contributed by atoms with Gasteiger partial charge in [0, 0.05) is 4.47 Å². The van der Waals surface area contributed by atoms with Crippen LogP contribution in [-0.2, 0) is 0 Å². The SMILES string of the molecule is CCC(C)c1ccc(C(Br)c2ccc(Br)c(Cl)c2)cc1. The topological polar surface area (TPSA) is 0 Å². The lowest BCUT2D eigenvalue weighted by molar-refractivity contribution is 0.733. The first kappa shape index (κ1) is 16.1. The molecule has 0 spiro atoms. The molecule has 0 radical (unpaired) electrons. The lowest BCUT2D eigenvalue weighted by Gasteiger charge is -2.14. The Morgan fingerprint density at radius 1 is 1.00 bits per heavy atom.